The van der Waals surface area contributed by atoms with Crippen LogP contribution in [0.15, 0.2) is 61.1 Å². The summed E-state index contributed by atoms with van der Waals surface area (Å²) in [5.74, 6) is -0.218. The normalized spacial score (nSPS) is 14.8. The number of benzene rings is 2. The van der Waals surface area contributed by atoms with Crippen molar-refractivity contribution in [3.05, 3.63) is 77.9 Å². The first-order valence-corrected chi connectivity index (χ1v) is 12.1. The molecule has 1 fully saturated rings. The maximum absolute atomic E-state index is 13.4. The number of nitrogens with zero attached hydrogens (tertiary/aromatic N) is 3. The third kappa shape index (κ3) is 5.92. The van der Waals surface area contributed by atoms with Crippen LogP contribution in [0.4, 0.5) is 5.69 Å². The van der Waals surface area contributed by atoms with E-state index in [2.05, 4.69) is 15.3 Å². The van der Waals surface area contributed by atoms with Crippen molar-refractivity contribution in [3.8, 4) is 11.1 Å². The zero-order valence-electron chi connectivity index (χ0n) is 20.5. The van der Waals surface area contributed by atoms with Gasteiger partial charge in [0.1, 0.15) is 0 Å². The van der Waals surface area contributed by atoms with Gasteiger partial charge >= 0.3 is 0 Å². The van der Waals surface area contributed by atoms with Crippen molar-refractivity contribution in [1.82, 2.24) is 15.3 Å². The third-order valence-corrected chi connectivity index (χ3v) is 6.40. The van der Waals surface area contributed by atoms with E-state index in [1.165, 1.54) is 0 Å². The minimum atomic E-state index is -0.311. The lowest BCUT2D eigenvalue weighted by Gasteiger charge is -2.29. The van der Waals surface area contributed by atoms with Crippen molar-refractivity contribution in [1.29, 1.82) is 0 Å². The molecular weight excluding hydrogens is 440 g/mol. The van der Waals surface area contributed by atoms with E-state index >= 15 is 0 Å². The number of nitrogens with one attached hydrogen (secondary N) is 1. The van der Waals surface area contributed by atoms with Crippen molar-refractivity contribution < 1.29 is 14.3 Å². The number of hydrogen-bond acceptors (Lipinski definition) is 5. The molecule has 1 aliphatic heterocycles. The number of carbonyl (C=O) groups excluding carboxylic acids is 2. The molecule has 35 heavy (non-hydrogen) atoms. The first-order chi connectivity index (χ1) is 17.0. The van der Waals surface area contributed by atoms with E-state index in [1.807, 2.05) is 57.2 Å². The predicted octanol–water partition coefficient (Wildman–Crippen LogP) is 4.72. The van der Waals surface area contributed by atoms with Gasteiger partial charge in [-0.15, -0.1) is 0 Å². The number of rotatable bonds is 7. The SMILES string of the molecule is CCN(C(=O)C1CCOCC1)c1cc(C(=O)NC(C)c2cnccn2)cc(-c2ccc(C)cc2)c1. The summed E-state index contributed by atoms with van der Waals surface area (Å²) in [7, 11) is 0. The Balaban J connectivity index is 1.69. The van der Waals surface area contributed by atoms with Gasteiger partial charge in [-0.05, 0) is 62.9 Å². The van der Waals surface area contributed by atoms with Gasteiger partial charge in [-0.2, -0.15) is 0 Å². The molecule has 4 rings (SSSR count). The van der Waals surface area contributed by atoms with Crippen LogP contribution in [0.3, 0.4) is 0 Å². The summed E-state index contributed by atoms with van der Waals surface area (Å²) in [6.45, 7) is 7.60. The summed E-state index contributed by atoms with van der Waals surface area (Å²) >= 11 is 0. The average Bonchev–Trinajstić information content (AvgIpc) is 2.90. The van der Waals surface area contributed by atoms with Gasteiger partial charge < -0.3 is 15.0 Å². The van der Waals surface area contributed by atoms with E-state index in [9.17, 15) is 9.59 Å². The number of carbonyl (C=O) groups is 2. The van der Waals surface area contributed by atoms with Crippen molar-refractivity contribution in [3.63, 3.8) is 0 Å². The molecule has 0 saturated carbocycles. The molecule has 1 saturated heterocycles. The fourth-order valence-corrected chi connectivity index (χ4v) is 4.33. The predicted molar refractivity (Wildman–Crippen MR) is 136 cm³/mol. The van der Waals surface area contributed by atoms with Crippen LogP contribution < -0.4 is 10.2 Å². The highest BCUT2D eigenvalue weighted by molar-refractivity contribution is 6.00. The number of anilines is 1. The molecular formula is C28H32N4O3. The molecule has 0 radical (unpaired) electrons. The van der Waals surface area contributed by atoms with Crippen LogP contribution in [0.25, 0.3) is 11.1 Å². The summed E-state index contributed by atoms with van der Waals surface area (Å²) in [4.78, 5) is 36.9. The summed E-state index contributed by atoms with van der Waals surface area (Å²) in [6.07, 6.45) is 6.29. The second-order valence-electron chi connectivity index (χ2n) is 8.93. The maximum Gasteiger partial charge on any atom is 0.251 e. The topological polar surface area (TPSA) is 84.4 Å². The maximum atomic E-state index is 13.4. The Morgan fingerprint density at radius 1 is 1.09 bits per heavy atom. The van der Waals surface area contributed by atoms with Crippen molar-refractivity contribution >= 4 is 17.5 Å². The molecule has 1 aliphatic rings. The largest absolute Gasteiger partial charge is 0.381 e. The monoisotopic (exact) mass is 472 g/mol. The lowest BCUT2D eigenvalue weighted by molar-refractivity contribution is -0.125. The van der Waals surface area contributed by atoms with Crippen LogP contribution in [0.2, 0.25) is 0 Å². The number of aryl methyl sites for hydroxylation is 1. The summed E-state index contributed by atoms with van der Waals surface area (Å²) < 4.78 is 5.45. The third-order valence-electron chi connectivity index (χ3n) is 6.40. The molecule has 2 heterocycles. The second kappa shape index (κ2) is 11.2. The van der Waals surface area contributed by atoms with Crippen LogP contribution in [0, 0.1) is 12.8 Å². The Morgan fingerprint density at radius 2 is 1.83 bits per heavy atom. The van der Waals surface area contributed by atoms with Crippen LogP contribution in [-0.4, -0.2) is 41.5 Å². The van der Waals surface area contributed by atoms with Gasteiger partial charge in [-0.25, -0.2) is 0 Å². The molecule has 1 atom stereocenters. The Kier molecular flexibility index (Phi) is 7.87. The van der Waals surface area contributed by atoms with E-state index < -0.39 is 0 Å². The molecule has 0 aliphatic carbocycles. The van der Waals surface area contributed by atoms with E-state index in [0.29, 0.717) is 31.0 Å². The molecule has 1 unspecified atom stereocenters. The lowest BCUT2D eigenvalue weighted by Crippen LogP contribution is -2.38. The van der Waals surface area contributed by atoms with Gasteiger partial charge in [0, 0.05) is 49.3 Å². The van der Waals surface area contributed by atoms with E-state index in [1.54, 1.807) is 29.6 Å². The number of ether oxygens (including phenoxy) is 1. The van der Waals surface area contributed by atoms with Crippen LogP contribution >= 0.6 is 0 Å². The molecule has 0 spiro atoms. The van der Waals surface area contributed by atoms with E-state index in [0.717, 1.165) is 35.2 Å². The molecule has 7 heteroatoms. The smallest absolute Gasteiger partial charge is 0.251 e. The molecule has 1 aromatic heterocycles. The quantitative estimate of drug-likeness (QED) is 0.538. The van der Waals surface area contributed by atoms with Gasteiger partial charge in [0.05, 0.1) is 17.9 Å². The number of amides is 2. The molecule has 182 valence electrons. The highest BCUT2D eigenvalue weighted by atomic mass is 16.5. The summed E-state index contributed by atoms with van der Waals surface area (Å²) in [5, 5.41) is 3.02. The Labute approximate surface area is 206 Å². The summed E-state index contributed by atoms with van der Waals surface area (Å²) in [5.41, 5.74) is 4.93. The van der Waals surface area contributed by atoms with E-state index in [4.69, 9.17) is 4.74 Å². The van der Waals surface area contributed by atoms with Crippen LogP contribution in [0.1, 0.15) is 54.3 Å². The first kappa shape index (κ1) is 24.5. The minimum Gasteiger partial charge on any atom is -0.381 e. The molecule has 0 bridgehead atoms. The lowest BCUT2D eigenvalue weighted by atomic mass is 9.96. The van der Waals surface area contributed by atoms with Gasteiger partial charge in [-0.1, -0.05) is 29.8 Å². The molecule has 1 N–H and O–H groups in total. The van der Waals surface area contributed by atoms with Gasteiger partial charge in [-0.3, -0.25) is 19.6 Å². The zero-order chi connectivity index (χ0) is 24.8. The minimum absolute atomic E-state index is 0.0688. The highest BCUT2D eigenvalue weighted by Gasteiger charge is 2.27. The standard InChI is InChI=1S/C28H32N4O3/c1-4-32(28(34)22-9-13-35-14-10-22)25-16-23(21-7-5-19(2)6-8-21)15-24(17-25)27(33)31-20(3)26-18-29-11-12-30-26/h5-8,11-12,15-18,20,22H,4,9-10,13-14H2,1-3H3,(H,31,33). The van der Waals surface area contributed by atoms with Crippen molar-refractivity contribution in [2.45, 2.75) is 39.7 Å². The van der Waals surface area contributed by atoms with Crippen molar-refractivity contribution in [2.24, 2.45) is 5.92 Å². The van der Waals surface area contributed by atoms with Crippen molar-refractivity contribution in [2.75, 3.05) is 24.7 Å². The Bertz CT molecular complexity index is 1160. The molecule has 3 aromatic rings. The van der Waals surface area contributed by atoms with Gasteiger partial charge in [0.25, 0.3) is 5.91 Å². The number of hydrogen-bond donors (Lipinski definition) is 1. The van der Waals surface area contributed by atoms with E-state index in [-0.39, 0.29) is 23.8 Å². The first-order valence-electron chi connectivity index (χ1n) is 12.1. The van der Waals surface area contributed by atoms with Gasteiger partial charge in [0.2, 0.25) is 5.91 Å². The zero-order valence-corrected chi connectivity index (χ0v) is 20.5. The van der Waals surface area contributed by atoms with Gasteiger partial charge in [0.15, 0.2) is 0 Å². The second-order valence-corrected chi connectivity index (χ2v) is 8.93. The Morgan fingerprint density at radius 3 is 2.49 bits per heavy atom. The fraction of sp³-hybridized carbons (Fsp3) is 0.357. The summed E-state index contributed by atoms with van der Waals surface area (Å²) in [6, 6.07) is 13.5. The molecule has 7 nitrogen and oxygen atoms in total. The number of aromatic nitrogens is 2. The molecule has 2 aromatic carbocycles. The average molecular weight is 473 g/mol. The fourth-order valence-electron chi connectivity index (χ4n) is 4.33. The van der Waals surface area contributed by atoms with Crippen LogP contribution in [0.5, 0.6) is 0 Å². The Hall–Kier alpha value is -3.58. The highest BCUT2D eigenvalue weighted by Crippen LogP contribution is 2.30. The van der Waals surface area contributed by atoms with Crippen LogP contribution in [-0.2, 0) is 9.53 Å². The molecule has 2 amide bonds.